The van der Waals surface area contributed by atoms with Crippen molar-refractivity contribution in [2.24, 2.45) is 0 Å². The van der Waals surface area contributed by atoms with Crippen LogP contribution in [0.1, 0.15) is 44.8 Å². The maximum atomic E-state index is 12.4. The molecule has 0 bridgehead atoms. The quantitative estimate of drug-likeness (QED) is 0.912. The van der Waals surface area contributed by atoms with Gasteiger partial charge >= 0.3 is 0 Å². The predicted molar refractivity (Wildman–Crippen MR) is 88.6 cm³/mol. The number of pyridine rings is 1. The van der Waals surface area contributed by atoms with Crippen molar-refractivity contribution in [3.63, 3.8) is 0 Å². The summed E-state index contributed by atoms with van der Waals surface area (Å²) in [6.07, 6.45) is 3.51. The Morgan fingerprint density at radius 1 is 1.13 bits per heavy atom. The van der Waals surface area contributed by atoms with Crippen molar-refractivity contribution in [3.8, 4) is 0 Å². The van der Waals surface area contributed by atoms with Crippen LogP contribution in [0.3, 0.4) is 0 Å². The van der Waals surface area contributed by atoms with Crippen molar-refractivity contribution in [3.05, 3.63) is 58.9 Å². The van der Waals surface area contributed by atoms with Crippen LogP contribution in [-0.2, 0) is 0 Å². The number of carbonyl (C=O) groups is 2. The second-order valence-corrected chi connectivity index (χ2v) is 5.88. The van der Waals surface area contributed by atoms with Gasteiger partial charge in [0.25, 0.3) is 11.8 Å². The van der Waals surface area contributed by atoms with E-state index in [1.165, 1.54) is 12.3 Å². The van der Waals surface area contributed by atoms with Gasteiger partial charge in [0.1, 0.15) is 5.69 Å². The third kappa shape index (κ3) is 3.56. The van der Waals surface area contributed by atoms with Crippen LogP contribution in [-0.4, -0.2) is 22.8 Å². The fourth-order valence-electron chi connectivity index (χ4n) is 2.26. The molecule has 2 aromatic rings. The molecule has 5 heteroatoms. The summed E-state index contributed by atoms with van der Waals surface area (Å²) in [5.41, 5.74) is 3.60. The lowest BCUT2D eigenvalue weighted by Gasteiger charge is -2.11. The van der Waals surface area contributed by atoms with Crippen LogP contribution >= 0.6 is 0 Å². The Kier molecular flexibility index (Phi) is 4.10. The Morgan fingerprint density at radius 2 is 1.91 bits per heavy atom. The first-order valence-corrected chi connectivity index (χ1v) is 7.69. The number of nitrogens with one attached hydrogen (secondary N) is 2. The van der Waals surface area contributed by atoms with Crippen molar-refractivity contribution in [1.82, 2.24) is 10.3 Å². The molecule has 1 fully saturated rings. The van der Waals surface area contributed by atoms with Crippen LogP contribution in [0.5, 0.6) is 0 Å². The van der Waals surface area contributed by atoms with E-state index in [1.54, 1.807) is 6.07 Å². The number of rotatable bonds is 4. The van der Waals surface area contributed by atoms with E-state index in [0.29, 0.717) is 5.56 Å². The van der Waals surface area contributed by atoms with Gasteiger partial charge in [-0.3, -0.25) is 14.6 Å². The average Bonchev–Trinajstić information content (AvgIpc) is 3.36. The lowest BCUT2D eigenvalue weighted by molar-refractivity contribution is 0.0946. The largest absolute Gasteiger partial charge is 0.348 e. The zero-order chi connectivity index (χ0) is 16.4. The van der Waals surface area contributed by atoms with E-state index >= 15 is 0 Å². The molecule has 0 saturated heterocycles. The van der Waals surface area contributed by atoms with Crippen LogP contribution in [0.2, 0.25) is 0 Å². The van der Waals surface area contributed by atoms with Gasteiger partial charge in [-0.25, -0.2) is 0 Å². The van der Waals surface area contributed by atoms with Crippen LogP contribution in [0.15, 0.2) is 36.5 Å². The number of benzene rings is 1. The maximum absolute atomic E-state index is 12.4. The number of hydrogen-bond acceptors (Lipinski definition) is 3. The van der Waals surface area contributed by atoms with Gasteiger partial charge in [0.15, 0.2) is 0 Å². The van der Waals surface area contributed by atoms with Crippen molar-refractivity contribution >= 4 is 17.5 Å². The van der Waals surface area contributed by atoms with E-state index in [0.717, 1.165) is 29.7 Å². The third-order valence-corrected chi connectivity index (χ3v) is 4.02. The molecule has 0 atom stereocenters. The lowest BCUT2D eigenvalue weighted by atomic mass is 10.1. The predicted octanol–water partition coefficient (Wildman–Crippen LogP) is 2.84. The zero-order valence-electron chi connectivity index (χ0n) is 13.2. The second kappa shape index (κ2) is 6.20. The minimum atomic E-state index is -0.249. The van der Waals surface area contributed by atoms with Gasteiger partial charge in [0, 0.05) is 23.5 Å². The number of carbonyl (C=O) groups excluding carboxylic acids is 2. The molecule has 3 rings (SSSR count). The van der Waals surface area contributed by atoms with E-state index in [2.05, 4.69) is 15.6 Å². The number of nitrogens with zero attached hydrogens (tertiary/aromatic N) is 1. The van der Waals surface area contributed by atoms with Crippen LogP contribution in [0.4, 0.5) is 5.69 Å². The van der Waals surface area contributed by atoms with Crippen molar-refractivity contribution in [2.75, 3.05) is 5.32 Å². The molecule has 2 amide bonds. The number of aromatic nitrogens is 1. The highest BCUT2D eigenvalue weighted by molar-refractivity contribution is 6.06. The van der Waals surface area contributed by atoms with Crippen molar-refractivity contribution in [1.29, 1.82) is 0 Å². The molecule has 0 aliphatic heterocycles. The van der Waals surface area contributed by atoms with Gasteiger partial charge in [0.05, 0.1) is 0 Å². The number of aryl methyl sites for hydroxylation is 1. The molecule has 1 aromatic heterocycles. The Bertz CT molecular complexity index is 767. The first-order valence-electron chi connectivity index (χ1n) is 7.69. The Morgan fingerprint density at radius 3 is 2.65 bits per heavy atom. The minimum Gasteiger partial charge on any atom is -0.348 e. The molecule has 0 unspecified atom stereocenters. The van der Waals surface area contributed by atoms with E-state index < -0.39 is 0 Å². The Hall–Kier alpha value is -2.69. The molecule has 2 N–H and O–H groups in total. The number of amides is 2. The maximum Gasteiger partial charge on any atom is 0.270 e. The minimum absolute atomic E-state index is 0.228. The van der Waals surface area contributed by atoms with Gasteiger partial charge in [0.2, 0.25) is 0 Å². The molecule has 0 radical (unpaired) electrons. The van der Waals surface area contributed by atoms with E-state index in [4.69, 9.17) is 0 Å². The van der Waals surface area contributed by atoms with Gasteiger partial charge in [-0.1, -0.05) is 12.1 Å². The van der Waals surface area contributed by atoms with Gasteiger partial charge in [-0.2, -0.15) is 0 Å². The third-order valence-electron chi connectivity index (χ3n) is 4.02. The monoisotopic (exact) mass is 309 g/mol. The summed E-state index contributed by atoms with van der Waals surface area (Å²) in [7, 11) is 0. The van der Waals surface area contributed by atoms with E-state index in [1.807, 2.05) is 32.0 Å². The number of anilines is 1. The standard InChI is InChI=1S/C18H19N3O2/c1-11-4-3-5-15(12(11)2)21-17(22)13-8-9-19-16(10-13)18(23)20-14-6-7-14/h3-5,8-10,14H,6-7H2,1-2H3,(H,20,23)(H,21,22). The van der Waals surface area contributed by atoms with Gasteiger partial charge < -0.3 is 10.6 Å². The van der Waals surface area contributed by atoms with Gasteiger partial charge in [-0.15, -0.1) is 0 Å². The Labute approximate surface area is 135 Å². The molecule has 0 spiro atoms. The summed E-state index contributed by atoms with van der Waals surface area (Å²) in [5, 5.41) is 5.76. The summed E-state index contributed by atoms with van der Waals surface area (Å²) >= 11 is 0. The summed E-state index contributed by atoms with van der Waals surface area (Å²) in [6.45, 7) is 3.96. The first kappa shape index (κ1) is 15.2. The molecule has 118 valence electrons. The topological polar surface area (TPSA) is 71.1 Å². The fourth-order valence-corrected chi connectivity index (χ4v) is 2.26. The molecular formula is C18H19N3O2. The molecule has 1 heterocycles. The molecule has 5 nitrogen and oxygen atoms in total. The summed E-state index contributed by atoms with van der Waals surface area (Å²) in [5.74, 6) is -0.476. The molecule has 1 aromatic carbocycles. The normalized spacial score (nSPS) is 13.5. The Balaban J connectivity index is 1.76. The van der Waals surface area contributed by atoms with Crippen molar-refractivity contribution < 1.29 is 9.59 Å². The molecule has 1 aliphatic carbocycles. The fraction of sp³-hybridized carbons (Fsp3) is 0.278. The highest BCUT2D eigenvalue weighted by Gasteiger charge is 2.24. The summed E-state index contributed by atoms with van der Waals surface area (Å²) < 4.78 is 0. The summed E-state index contributed by atoms with van der Waals surface area (Å²) in [6, 6.07) is 9.16. The van der Waals surface area contributed by atoms with Gasteiger partial charge in [-0.05, 0) is 56.0 Å². The highest BCUT2D eigenvalue weighted by Crippen LogP contribution is 2.20. The molecule has 1 saturated carbocycles. The molecule has 23 heavy (non-hydrogen) atoms. The SMILES string of the molecule is Cc1cccc(NC(=O)c2ccnc(C(=O)NC3CC3)c2)c1C. The van der Waals surface area contributed by atoms with E-state index in [-0.39, 0.29) is 23.6 Å². The lowest BCUT2D eigenvalue weighted by Crippen LogP contribution is -2.26. The highest BCUT2D eigenvalue weighted by atomic mass is 16.2. The van der Waals surface area contributed by atoms with Crippen molar-refractivity contribution in [2.45, 2.75) is 32.7 Å². The summed E-state index contributed by atoms with van der Waals surface area (Å²) in [4.78, 5) is 28.5. The van der Waals surface area contributed by atoms with Crippen LogP contribution in [0.25, 0.3) is 0 Å². The van der Waals surface area contributed by atoms with Crippen LogP contribution in [0, 0.1) is 13.8 Å². The number of hydrogen-bond donors (Lipinski definition) is 2. The van der Waals surface area contributed by atoms with Crippen LogP contribution < -0.4 is 10.6 Å². The second-order valence-electron chi connectivity index (χ2n) is 5.88. The van der Waals surface area contributed by atoms with E-state index in [9.17, 15) is 9.59 Å². The zero-order valence-corrected chi connectivity index (χ0v) is 13.2. The smallest absolute Gasteiger partial charge is 0.270 e. The first-order chi connectivity index (χ1) is 11.0. The average molecular weight is 309 g/mol. The molecular weight excluding hydrogens is 290 g/mol. The molecule has 1 aliphatic rings.